The van der Waals surface area contributed by atoms with Gasteiger partial charge < -0.3 is 9.80 Å². The summed E-state index contributed by atoms with van der Waals surface area (Å²) >= 11 is 6.23. The number of carbonyl (C=O) groups excluding carboxylic acids is 2. The van der Waals surface area contributed by atoms with E-state index >= 15 is 0 Å². The number of benzene rings is 1. The van der Waals surface area contributed by atoms with Crippen LogP contribution in [0.5, 0.6) is 0 Å². The SMILES string of the molecule is Cc1ccncc1C(=O)N1CC2(C1)CN(c1cncc(N3C(=O)c4ccc(Cl)cc4C3(C)C)c1)C2. The maximum atomic E-state index is 13.3. The number of amides is 2. The van der Waals surface area contributed by atoms with Gasteiger partial charge >= 0.3 is 0 Å². The Hall–Kier alpha value is -3.45. The van der Waals surface area contributed by atoms with E-state index in [1.807, 2.05) is 50.1 Å². The van der Waals surface area contributed by atoms with E-state index in [9.17, 15) is 9.59 Å². The molecule has 35 heavy (non-hydrogen) atoms. The fraction of sp³-hybridized carbons (Fsp3) is 0.333. The molecule has 0 bridgehead atoms. The van der Waals surface area contributed by atoms with Gasteiger partial charge in [0.05, 0.1) is 34.9 Å². The van der Waals surface area contributed by atoms with Crippen molar-refractivity contribution in [1.82, 2.24) is 14.9 Å². The van der Waals surface area contributed by atoms with Gasteiger partial charge in [0.2, 0.25) is 0 Å². The molecular formula is C27H26ClN5O2. The Morgan fingerprint density at radius 3 is 2.46 bits per heavy atom. The molecule has 0 radical (unpaired) electrons. The van der Waals surface area contributed by atoms with Crippen LogP contribution in [0.25, 0.3) is 0 Å². The molecule has 1 spiro atoms. The summed E-state index contributed by atoms with van der Waals surface area (Å²) in [5, 5.41) is 0.621. The molecule has 0 atom stereocenters. The molecule has 6 rings (SSSR count). The standard InChI is InChI=1S/C27H26ClN5O2/c1-17-6-7-29-12-22(17)24(34)32-15-27(16-32)13-31(14-27)19-9-20(11-30-10-19)33-25(35)21-5-4-18(28)8-23(21)26(33,2)3/h4-12H,13-16H2,1-3H3. The molecule has 3 aliphatic rings. The first-order chi connectivity index (χ1) is 16.7. The van der Waals surface area contributed by atoms with Crippen molar-refractivity contribution >= 4 is 34.8 Å². The van der Waals surface area contributed by atoms with Gasteiger partial charge in [0.15, 0.2) is 0 Å². The number of pyridine rings is 2. The van der Waals surface area contributed by atoms with Gasteiger partial charge in [-0.1, -0.05) is 11.6 Å². The van der Waals surface area contributed by atoms with Crippen LogP contribution in [-0.4, -0.2) is 52.9 Å². The highest BCUT2D eigenvalue weighted by Gasteiger charge is 2.53. The van der Waals surface area contributed by atoms with E-state index in [-0.39, 0.29) is 17.2 Å². The Kier molecular flexibility index (Phi) is 4.74. The van der Waals surface area contributed by atoms with Gasteiger partial charge in [-0.05, 0) is 62.2 Å². The van der Waals surface area contributed by atoms with Crippen molar-refractivity contribution in [2.45, 2.75) is 26.3 Å². The second-order valence-electron chi connectivity index (χ2n) is 10.5. The maximum absolute atomic E-state index is 13.3. The lowest BCUT2D eigenvalue weighted by molar-refractivity contribution is -0.0105. The zero-order valence-corrected chi connectivity index (χ0v) is 20.7. The number of hydrogen-bond donors (Lipinski definition) is 0. The normalized spacial score (nSPS) is 19.4. The molecule has 2 saturated heterocycles. The third-order valence-electron chi connectivity index (χ3n) is 7.63. The summed E-state index contributed by atoms with van der Waals surface area (Å²) in [6, 6.07) is 9.34. The van der Waals surface area contributed by atoms with Crippen LogP contribution in [0.2, 0.25) is 5.02 Å². The minimum absolute atomic E-state index is 0.0421. The Balaban J connectivity index is 1.16. The second kappa shape index (κ2) is 7.52. The number of halogens is 1. The van der Waals surface area contributed by atoms with E-state index in [4.69, 9.17) is 11.6 Å². The molecule has 0 N–H and O–H groups in total. The molecule has 8 heteroatoms. The average Bonchev–Trinajstić information content (AvgIpc) is 2.97. The number of hydrogen-bond acceptors (Lipinski definition) is 5. The summed E-state index contributed by atoms with van der Waals surface area (Å²) < 4.78 is 0. The quantitative estimate of drug-likeness (QED) is 0.551. The van der Waals surface area contributed by atoms with Gasteiger partial charge in [0, 0.05) is 54.6 Å². The van der Waals surface area contributed by atoms with Crippen LogP contribution in [0.1, 0.15) is 45.7 Å². The summed E-state index contributed by atoms with van der Waals surface area (Å²) in [7, 11) is 0. The van der Waals surface area contributed by atoms with Gasteiger partial charge in [-0.25, -0.2) is 0 Å². The monoisotopic (exact) mass is 487 g/mol. The van der Waals surface area contributed by atoms with Crippen molar-refractivity contribution in [2.24, 2.45) is 5.41 Å². The van der Waals surface area contributed by atoms with Crippen LogP contribution < -0.4 is 9.80 Å². The lowest BCUT2D eigenvalue weighted by Crippen LogP contribution is -2.73. The summed E-state index contributed by atoms with van der Waals surface area (Å²) in [6.07, 6.45) is 6.95. The van der Waals surface area contributed by atoms with E-state index < -0.39 is 5.54 Å². The van der Waals surface area contributed by atoms with Crippen LogP contribution >= 0.6 is 11.6 Å². The summed E-state index contributed by atoms with van der Waals surface area (Å²) in [6.45, 7) is 9.22. The van der Waals surface area contributed by atoms with Gasteiger partial charge in [0.1, 0.15) is 0 Å². The van der Waals surface area contributed by atoms with Crippen molar-refractivity contribution in [2.75, 3.05) is 36.0 Å². The first-order valence-electron chi connectivity index (χ1n) is 11.7. The third kappa shape index (κ3) is 3.32. The number of fused-ring (bicyclic) bond motifs is 1. The minimum Gasteiger partial charge on any atom is -0.369 e. The van der Waals surface area contributed by atoms with Crippen molar-refractivity contribution in [1.29, 1.82) is 0 Å². The summed E-state index contributed by atoms with van der Waals surface area (Å²) in [5.41, 5.74) is 4.57. The summed E-state index contributed by atoms with van der Waals surface area (Å²) in [5.74, 6) is 0.0114. The molecule has 7 nitrogen and oxygen atoms in total. The largest absolute Gasteiger partial charge is 0.369 e. The third-order valence-corrected chi connectivity index (χ3v) is 7.86. The van der Waals surface area contributed by atoms with Crippen molar-refractivity contribution in [3.63, 3.8) is 0 Å². The van der Waals surface area contributed by atoms with Crippen LogP contribution in [0.15, 0.2) is 55.1 Å². The zero-order chi connectivity index (χ0) is 24.5. The molecule has 5 heterocycles. The van der Waals surface area contributed by atoms with E-state index in [0.29, 0.717) is 16.1 Å². The highest BCUT2D eigenvalue weighted by Crippen LogP contribution is 2.45. The summed E-state index contributed by atoms with van der Waals surface area (Å²) in [4.78, 5) is 40.7. The first-order valence-corrected chi connectivity index (χ1v) is 12.1. The molecule has 0 saturated carbocycles. The van der Waals surface area contributed by atoms with E-state index in [0.717, 1.165) is 48.7 Å². The van der Waals surface area contributed by atoms with Crippen molar-refractivity contribution in [3.05, 3.63) is 82.4 Å². The highest BCUT2D eigenvalue weighted by atomic mass is 35.5. The number of anilines is 2. The molecular weight excluding hydrogens is 462 g/mol. The zero-order valence-electron chi connectivity index (χ0n) is 20.0. The van der Waals surface area contributed by atoms with Crippen LogP contribution in [-0.2, 0) is 5.54 Å². The lowest BCUT2D eigenvalue weighted by Gasteiger charge is -2.60. The number of rotatable bonds is 3. The Labute approximate surface area is 209 Å². The highest BCUT2D eigenvalue weighted by molar-refractivity contribution is 6.31. The fourth-order valence-electron chi connectivity index (χ4n) is 5.77. The van der Waals surface area contributed by atoms with Crippen molar-refractivity contribution < 1.29 is 9.59 Å². The molecule has 2 fully saturated rings. The van der Waals surface area contributed by atoms with Crippen LogP contribution in [0, 0.1) is 12.3 Å². The molecule has 0 aliphatic carbocycles. The Morgan fingerprint density at radius 1 is 0.971 bits per heavy atom. The topological polar surface area (TPSA) is 69.6 Å². The molecule has 2 amide bonds. The molecule has 0 unspecified atom stereocenters. The average molecular weight is 488 g/mol. The number of aryl methyl sites for hydroxylation is 1. The van der Waals surface area contributed by atoms with Gasteiger partial charge in [0.25, 0.3) is 11.8 Å². The molecule has 3 aromatic rings. The van der Waals surface area contributed by atoms with E-state index in [1.54, 1.807) is 35.6 Å². The lowest BCUT2D eigenvalue weighted by atomic mass is 9.72. The van der Waals surface area contributed by atoms with E-state index in [1.165, 1.54) is 0 Å². The fourth-order valence-corrected chi connectivity index (χ4v) is 5.94. The number of aromatic nitrogens is 2. The maximum Gasteiger partial charge on any atom is 0.259 e. The van der Waals surface area contributed by atoms with Gasteiger partial charge in [-0.15, -0.1) is 0 Å². The van der Waals surface area contributed by atoms with Crippen LogP contribution in [0.3, 0.4) is 0 Å². The predicted octanol–water partition coefficient (Wildman–Crippen LogP) is 4.30. The molecule has 2 aromatic heterocycles. The van der Waals surface area contributed by atoms with E-state index in [2.05, 4.69) is 14.9 Å². The predicted molar refractivity (Wildman–Crippen MR) is 135 cm³/mol. The van der Waals surface area contributed by atoms with Gasteiger partial charge in [-0.2, -0.15) is 0 Å². The first kappa shape index (κ1) is 22.0. The number of nitrogens with zero attached hydrogens (tertiary/aromatic N) is 5. The molecule has 1 aromatic carbocycles. The Morgan fingerprint density at radius 2 is 1.71 bits per heavy atom. The minimum atomic E-state index is -0.535. The van der Waals surface area contributed by atoms with Crippen LogP contribution in [0.4, 0.5) is 11.4 Å². The Bertz CT molecular complexity index is 1370. The van der Waals surface area contributed by atoms with Crippen molar-refractivity contribution in [3.8, 4) is 0 Å². The number of likely N-dealkylation sites (tertiary alicyclic amines) is 1. The second-order valence-corrected chi connectivity index (χ2v) is 10.9. The van der Waals surface area contributed by atoms with Gasteiger partial charge in [-0.3, -0.25) is 24.5 Å². The number of carbonyl (C=O) groups is 2. The smallest absolute Gasteiger partial charge is 0.259 e. The molecule has 178 valence electrons. The molecule has 3 aliphatic heterocycles.